The zero-order valence-corrected chi connectivity index (χ0v) is 23.7. The third-order valence-corrected chi connectivity index (χ3v) is 11.3. The molecule has 2 aromatic heterocycles. The predicted octanol–water partition coefficient (Wildman–Crippen LogP) is 3.70. The van der Waals surface area contributed by atoms with Gasteiger partial charge in [-0.25, -0.2) is 8.42 Å². The molecule has 3 aliphatic rings. The first-order valence-electron chi connectivity index (χ1n) is 13.3. The lowest BCUT2D eigenvalue weighted by atomic mass is 9.88. The summed E-state index contributed by atoms with van der Waals surface area (Å²) in [6.07, 6.45) is 5.55. The number of amides is 1. The molecule has 3 unspecified atom stereocenters. The molecule has 2 fully saturated rings. The molecule has 6 rings (SSSR count). The summed E-state index contributed by atoms with van der Waals surface area (Å²) >= 11 is 1.19. The molecule has 1 amide bonds. The Morgan fingerprint density at radius 1 is 1.15 bits per heavy atom. The van der Waals surface area contributed by atoms with Crippen molar-refractivity contribution in [2.45, 2.75) is 35.1 Å². The van der Waals surface area contributed by atoms with Crippen LogP contribution in [0.4, 0.5) is 0 Å². The van der Waals surface area contributed by atoms with E-state index in [0.29, 0.717) is 47.1 Å². The van der Waals surface area contributed by atoms with Crippen LogP contribution in [-0.2, 0) is 21.2 Å². The number of hydrogen-bond donors (Lipinski definition) is 0. The van der Waals surface area contributed by atoms with Crippen LogP contribution in [0.25, 0.3) is 0 Å². The maximum Gasteiger partial charge on any atom is 0.256 e. The summed E-state index contributed by atoms with van der Waals surface area (Å²) in [5.74, 6) is -0.0815. The molecular weight excluding hydrogens is 558 g/mol. The molecule has 0 spiro atoms. The Kier molecular flexibility index (Phi) is 6.93. The van der Waals surface area contributed by atoms with E-state index in [0.717, 1.165) is 5.56 Å². The van der Waals surface area contributed by atoms with Crippen molar-refractivity contribution in [2.75, 3.05) is 13.1 Å². The lowest BCUT2D eigenvalue weighted by molar-refractivity contribution is -0.131. The number of hydrogen-bond acceptors (Lipinski definition) is 8. The number of carbonyl (C=O) groups excluding carboxylic acids is 2. The number of piperidine rings is 1. The van der Waals surface area contributed by atoms with Crippen molar-refractivity contribution in [1.82, 2.24) is 14.2 Å². The summed E-state index contributed by atoms with van der Waals surface area (Å²) < 4.78 is 28.0. The molecule has 41 heavy (non-hydrogen) atoms. The van der Waals surface area contributed by atoms with Gasteiger partial charge in [0.2, 0.25) is 0 Å². The fraction of sp³-hybridized carbons (Fsp3) is 0.300. The molecule has 1 aromatic carbocycles. The number of sulfonamides is 1. The van der Waals surface area contributed by atoms with E-state index in [4.69, 9.17) is 10.3 Å². The van der Waals surface area contributed by atoms with Gasteiger partial charge in [-0.05, 0) is 47.7 Å². The highest BCUT2D eigenvalue weighted by Gasteiger charge is 2.65. The number of ketones is 1. The number of pyridine rings is 1. The number of nitrogens with zero attached hydrogens (tertiary/aromatic N) is 5. The van der Waals surface area contributed by atoms with Crippen LogP contribution in [0.3, 0.4) is 0 Å². The van der Waals surface area contributed by atoms with Gasteiger partial charge in [0.05, 0.1) is 18.1 Å². The second kappa shape index (κ2) is 10.4. The monoisotopic (exact) mass is 585 g/mol. The molecule has 3 aromatic rings. The molecule has 4 heterocycles. The zero-order valence-electron chi connectivity index (χ0n) is 22.1. The Labute approximate surface area is 242 Å². The number of benzene rings is 1. The molecule has 208 valence electrons. The number of rotatable bonds is 10. The topological polar surface area (TPSA) is 124 Å². The zero-order chi connectivity index (χ0) is 28.8. The maximum atomic E-state index is 14.3. The van der Waals surface area contributed by atoms with Crippen LogP contribution in [0.15, 0.2) is 88.2 Å². The largest absolute Gasteiger partial charge is 0.294 e. The molecule has 0 radical (unpaired) electrons. The van der Waals surface area contributed by atoms with Gasteiger partial charge in [-0.1, -0.05) is 24.3 Å². The lowest BCUT2D eigenvalue weighted by Crippen LogP contribution is -2.47. The van der Waals surface area contributed by atoms with Crippen molar-refractivity contribution in [1.29, 1.82) is 5.26 Å². The number of aliphatic imine (C=N–C) groups is 1. The second-order valence-corrected chi connectivity index (χ2v) is 13.7. The van der Waals surface area contributed by atoms with Gasteiger partial charge in [0.1, 0.15) is 15.6 Å². The first-order valence-corrected chi connectivity index (χ1v) is 15.6. The minimum absolute atomic E-state index is 0.0376. The summed E-state index contributed by atoms with van der Waals surface area (Å²) in [4.78, 5) is 38.4. The number of thiophene rings is 1. The number of fused-ring (bicyclic) bond motifs is 1. The summed E-state index contributed by atoms with van der Waals surface area (Å²) in [5, 5.41) is 10.8. The van der Waals surface area contributed by atoms with Gasteiger partial charge in [-0.2, -0.15) is 9.57 Å². The summed E-state index contributed by atoms with van der Waals surface area (Å²) in [6, 6.07) is 15.2. The molecule has 9 nitrogen and oxygen atoms in total. The van der Waals surface area contributed by atoms with E-state index in [9.17, 15) is 18.0 Å². The molecule has 2 aliphatic heterocycles. The van der Waals surface area contributed by atoms with Crippen LogP contribution in [0.2, 0.25) is 0 Å². The molecule has 1 aliphatic carbocycles. The van der Waals surface area contributed by atoms with Crippen molar-refractivity contribution in [3.63, 3.8) is 0 Å². The van der Waals surface area contributed by atoms with Crippen molar-refractivity contribution < 1.29 is 18.0 Å². The summed E-state index contributed by atoms with van der Waals surface area (Å²) in [7, 11) is -3.58. The molecule has 11 heteroatoms. The Hall–Kier alpha value is -3.98. The standard InChI is InChI=1S/C30H27N5O4S2/c1-2-11-30(16-20-9-12-32-13-10-20)29(37)35(26(33-30)15-25(36)22-7-5-21(17-31)6-8-22)28-23-18-34(19-24(23)28)41(38,39)27-4-3-14-40-27/h2-10,12-14,23-24,28H,1,11,15-16,18-19H2. The van der Waals surface area contributed by atoms with E-state index in [1.54, 1.807) is 65.1 Å². The SMILES string of the molecule is C=CCC1(Cc2ccncc2)N=C(CC(=O)c2ccc(C#N)cc2)N(C2C3CN(S(=O)(=O)c4cccs4)CC32)C1=O. The van der Waals surface area contributed by atoms with Crippen molar-refractivity contribution >= 4 is 38.9 Å². The molecule has 1 saturated heterocycles. The molecule has 1 saturated carbocycles. The van der Waals surface area contributed by atoms with Crippen LogP contribution in [0.5, 0.6) is 0 Å². The number of aromatic nitrogens is 1. The van der Waals surface area contributed by atoms with E-state index in [-0.39, 0.29) is 36.0 Å². The van der Waals surface area contributed by atoms with Crippen molar-refractivity contribution in [2.24, 2.45) is 16.8 Å². The fourth-order valence-electron chi connectivity index (χ4n) is 6.07. The van der Waals surface area contributed by atoms with Gasteiger partial charge in [0.15, 0.2) is 5.78 Å². The van der Waals surface area contributed by atoms with Crippen LogP contribution in [0, 0.1) is 23.2 Å². The molecule has 0 bridgehead atoms. The highest BCUT2D eigenvalue weighted by molar-refractivity contribution is 7.91. The van der Waals surface area contributed by atoms with Crippen LogP contribution < -0.4 is 0 Å². The Morgan fingerprint density at radius 2 is 1.85 bits per heavy atom. The number of Topliss-reactive ketones (excluding diaryl/α,β-unsaturated/α-hetero) is 1. The highest BCUT2D eigenvalue weighted by Crippen LogP contribution is 2.53. The van der Waals surface area contributed by atoms with Gasteiger partial charge in [-0.3, -0.25) is 24.5 Å². The first kappa shape index (κ1) is 27.2. The van der Waals surface area contributed by atoms with E-state index < -0.39 is 15.6 Å². The Balaban J connectivity index is 1.29. The van der Waals surface area contributed by atoms with E-state index in [1.165, 1.54) is 15.6 Å². The third-order valence-electron chi connectivity index (χ3n) is 8.12. The summed E-state index contributed by atoms with van der Waals surface area (Å²) in [6.45, 7) is 4.51. The Morgan fingerprint density at radius 3 is 2.46 bits per heavy atom. The second-order valence-electron chi connectivity index (χ2n) is 10.6. The molecular formula is C30H27N5O4S2. The van der Waals surface area contributed by atoms with Crippen molar-refractivity contribution in [3.8, 4) is 6.07 Å². The van der Waals surface area contributed by atoms with Gasteiger partial charge in [-0.15, -0.1) is 17.9 Å². The first-order chi connectivity index (χ1) is 19.8. The minimum Gasteiger partial charge on any atom is -0.294 e. The van der Waals surface area contributed by atoms with Crippen LogP contribution in [-0.4, -0.2) is 64.8 Å². The smallest absolute Gasteiger partial charge is 0.256 e. The molecule has 0 N–H and O–H groups in total. The van der Waals surface area contributed by atoms with E-state index >= 15 is 0 Å². The average Bonchev–Trinajstić information content (AvgIpc) is 3.41. The third kappa shape index (κ3) is 4.82. The number of amidine groups is 1. The van der Waals surface area contributed by atoms with Crippen LogP contribution in [0.1, 0.15) is 34.3 Å². The Bertz CT molecular complexity index is 1670. The highest BCUT2D eigenvalue weighted by atomic mass is 32.2. The quantitative estimate of drug-likeness (QED) is 0.264. The minimum atomic E-state index is -3.58. The summed E-state index contributed by atoms with van der Waals surface area (Å²) in [5.41, 5.74) is 0.622. The van der Waals surface area contributed by atoms with Gasteiger partial charge >= 0.3 is 0 Å². The lowest BCUT2D eigenvalue weighted by Gasteiger charge is -2.28. The number of carbonyl (C=O) groups is 2. The fourth-order valence-corrected chi connectivity index (χ4v) is 8.73. The molecule has 3 atom stereocenters. The van der Waals surface area contributed by atoms with E-state index in [2.05, 4.69) is 11.6 Å². The van der Waals surface area contributed by atoms with Gasteiger partial charge in [0.25, 0.3) is 15.9 Å². The predicted molar refractivity (Wildman–Crippen MR) is 154 cm³/mol. The van der Waals surface area contributed by atoms with Crippen LogP contribution >= 0.6 is 11.3 Å². The normalized spacial score (nSPS) is 25.4. The maximum absolute atomic E-state index is 14.3. The van der Waals surface area contributed by atoms with Crippen molar-refractivity contribution in [3.05, 3.63) is 95.6 Å². The van der Waals surface area contributed by atoms with Gasteiger partial charge in [0, 0.05) is 55.3 Å². The number of nitriles is 1. The van der Waals surface area contributed by atoms with Gasteiger partial charge < -0.3 is 0 Å². The average molecular weight is 586 g/mol. The van der Waals surface area contributed by atoms with E-state index in [1.807, 2.05) is 18.2 Å².